The number of fused-ring (bicyclic) bond motifs is 2. The third-order valence-electron chi connectivity index (χ3n) is 4.47. The predicted molar refractivity (Wildman–Crippen MR) is 103 cm³/mol. The van der Waals surface area contributed by atoms with E-state index in [1.807, 2.05) is 0 Å². The van der Waals surface area contributed by atoms with Crippen LogP contribution in [0.15, 0.2) is 29.3 Å². The lowest BCUT2D eigenvalue weighted by Crippen LogP contribution is -2.17. The van der Waals surface area contributed by atoms with E-state index in [1.54, 1.807) is 24.3 Å². The molecule has 1 aromatic carbocycles. The number of aromatic nitrogens is 1. The molecule has 0 bridgehead atoms. The van der Waals surface area contributed by atoms with Crippen molar-refractivity contribution in [3.05, 3.63) is 41.1 Å². The maximum Gasteiger partial charge on any atom is 0.234 e. The minimum Gasteiger partial charge on any atom is -0.486 e. The predicted octanol–water partition coefficient (Wildman–Crippen LogP) is 2.97. The van der Waals surface area contributed by atoms with Gasteiger partial charge in [-0.25, -0.2) is 4.98 Å². The van der Waals surface area contributed by atoms with Gasteiger partial charge < -0.3 is 14.8 Å². The Balaban J connectivity index is 1.43. The maximum absolute atomic E-state index is 12.3. The molecule has 142 valence electrons. The quantitative estimate of drug-likeness (QED) is 0.794. The number of nitrogens with zero attached hydrogens (tertiary/aromatic N) is 2. The van der Waals surface area contributed by atoms with Crippen LogP contribution in [0.3, 0.4) is 0 Å². The van der Waals surface area contributed by atoms with Gasteiger partial charge in [0.25, 0.3) is 0 Å². The fraction of sp³-hybridized carbons (Fsp3) is 0.300. The SMILES string of the molecule is N#Cc1cc2c(nc1SCC(=O)Nc1ccc3c(c1)OCCO3)CCCC2=O. The average molecular weight is 395 g/mol. The van der Waals surface area contributed by atoms with Crippen molar-refractivity contribution >= 4 is 29.1 Å². The highest BCUT2D eigenvalue weighted by molar-refractivity contribution is 8.00. The summed E-state index contributed by atoms with van der Waals surface area (Å²) < 4.78 is 11.0. The minimum atomic E-state index is -0.221. The largest absolute Gasteiger partial charge is 0.486 e. The van der Waals surface area contributed by atoms with Crippen LogP contribution in [0.4, 0.5) is 5.69 Å². The van der Waals surface area contributed by atoms with Gasteiger partial charge in [-0.15, -0.1) is 0 Å². The van der Waals surface area contributed by atoms with Gasteiger partial charge in [0.1, 0.15) is 24.3 Å². The van der Waals surface area contributed by atoms with Crippen LogP contribution < -0.4 is 14.8 Å². The van der Waals surface area contributed by atoms with Crippen molar-refractivity contribution in [3.63, 3.8) is 0 Å². The summed E-state index contributed by atoms with van der Waals surface area (Å²) in [5, 5.41) is 12.7. The number of nitrogens with one attached hydrogen (secondary N) is 1. The fourth-order valence-corrected chi connectivity index (χ4v) is 3.93. The first-order valence-corrected chi connectivity index (χ1v) is 9.92. The summed E-state index contributed by atoms with van der Waals surface area (Å²) in [5.74, 6) is 1.16. The molecule has 1 aliphatic carbocycles. The van der Waals surface area contributed by atoms with Crippen molar-refractivity contribution < 1.29 is 19.1 Å². The average Bonchev–Trinajstić information content (AvgIpc) is 2.72. The molecule has 0 unspecified atom stereocenters. The number of carbonyl (C=O) groups excluding carboxylic acids is 2. The molecule has 2 aromatic rings. The van der Waals surface area contributed by atoms with Gasteiger partial charge in [0.05, 0.1) is 17.0 Å². The van der Waals surface area contributed by atoms with Crippen LogP contribution in [0.5, 0.6) is 11.5 Å². The number of ether oxygens (including phenoxy) is 2. The second-order valence-electron chi connectivity index (χ2n) is 6.42. The van der Waals surface area contributed by atoms with Gasteiger partial charge in [-0.1, -0.05) is 11.8 Å². The Bertz CT molecular complexity index is 1000. The lowest BCUT2D eigenvalue weighted by molar-refractivity contribution is -0.113. The number of benzene rings is 1. The Morgan fingerprint density at radius 3 is 2.86 bits per heavy atom. The molecule has 4 rings (SSSR count). The first kappa shape index (κ1) is 18.3. The monoisotopic (exact) mass is 395 g/mol. The van der Waals surface area contributed by atoms with Gasteiger partial charge in [0, 0.05) is 23.7 Å². The third-order valence-corrected chi connectivity index (χ3v) is 5.46. The number of hydrogen-bond donors (Lipinski definition) is 1. The molecule has 0 atom stereocenters. The Labute approximate surface area is 166 Å². The smallest absolute Gasteiger partial charge is 0.234 e. The van der Waals surface area contributed by atoms with E-state index in [0.717, 1.165) is 6.42 Å². The molecular weight excluding hydrogens is 378 g/mol. The van der Waals surface area contributed by atoms with Crippen molar-refractivity contribution in [2.24, 2.45) is 0 Å². The number of ketones is 1. The summed E-state index contributed by atoms with van der Waals surface area (Å²) in [6.45, 7) is 0.986. The van der Waals surface area contributed by atoms with Crippen LogP contribution in [-0.2, 0) is 11.2 Å². The molecule has 0 saturated carbocycles. The summed E-state index contributed by atoms with van der Waals surface area (Å²) >= 11 is 1.19. The zero-order chi connectivity index (χ0) is 19.5. The number of rotatable bonds is 4. The number of thioether (sulfide) groups is 1. The highest BCUT2D eigenvalue weighted by atomic mass is 32.2. The molecule has 8 heteroatoms. The summed E-state index contributed by atoms with van der Waals surface area (Å²) in [7, 11) is 0. The summed E-state index contributed by atoms with van der Waals surface area (Å²) in [6.07, 6.45) is 1.97. The number of pyridine rings is 1. The van der Waals surface area contributed by atoms with E-state index < -0.39 is 0 Å². The Hall–Kier alpha value is -3.05. The minimum absolute atomic E-state index is 0.0261. The maximum atomic E-state index is 12.3. The van der Waals surface area contributed by atoms with Gasteiger partial charge >= 0.3 is 0 Å². The van der Waals surface area contributed by atoms with Gasteiger partial charge in [0.15, 0.2) is 17.3 Å². The zero-order valence-corrected chi connectivity index (χ0v) is 15.8. The number of nitriles is 1. The molecule has 0 fully saturated rings. The van der Waals surface area contributed by atoms with Gasteiger partial charge in [-0.3, -0.25) is 9.59 Å². The van der Waals surface area contributed by atoms with Crippen LogP contribution in [0.2, 0.25) is 0 Å². The number of carbonyl (C=O) groups is 2. The second-order valence-corrected chi connectivity index (χ2v) is 7.38. The molecule has 1 aromatic heterocycles. The Morgan fingerprint density at radius 1 is 1.21 bits per heavy atom. The molecule has 0 saturated heterocycles. The van der Waals surface area contributed by atoms with Gasteiger partial charge in [0.2, 0.25) is 5.91 Å². The van der Waals surface area contributed by atoms with Crippen molar-refractivity contribution in [2.45, 2.75) is 24.3 Å². The standard InChI is InChI=1S/C20H17N3O4S/c21-10-12-8-14-15(2-1-3-16(14)24)23-20(12)28-11-19(25)22-13-4-5-17-18(9-13)27-7-6-26-17/h4-5,8-9H,1-3,6-7,11H2,(H,22,25). The lowest BCUT2D eigenvalue weighted by Gasteiger charge is -2.19. The third kappa shape index (κ3) is 3.80. The molecule has 0 spiro atoms. The highest BCUT2D eigenvalue weighted by Gasteiger charge is 2.22. The second kappa shape index (κ2) is 7.90. The van der Waals surface area contributed by atoms with E-state index in [2.05, 4.69) is 16.4 Å². The number of amides is 1. The topological polar surface area (TPSA) is 101 Å². The van der Waals surface area contributed by atoms with Crippen molar-refractivity contribution in [2.75, 3.05) is 24.3 Å². The van der Waals surface area contributed by atoms with Crippen molar-refractivity contribution in [1.82, 2.24) is 4.98 Å². The first-order valence-electron chi connectivity index (χ1n) is 8.93. The van der Waals surface area contributed by atoms with Crippen LogP contribution in [0.1, 0.15) is 34.5 Å². The Kier molecular flexibility index (Phi) is 5.17. The van der Waals surface area contributed by atoms with Gasteiger partial charge in [-0.2, -0.15) is 5.26 Å². The van der Waals surface area contributed by atoms with Crippen molar-refractivity contribution in [1.29, 1.82) is 5.26 Å². The van der Waals surface area contributed by atoms with Crippen LogP contribution in [0.25, 0.3) is 0 Å². The molecule has 1 N–H and O–H groups in total. The van der Waals surface area contributed by atoms with Crippen LogP contribution in [-0.4, -0.2) is 35.6 Å². The zero-order valence-electron chi connectivity index (χ0n) is 15.0. The normalized spacial score (nSPS) is 14.8. The number of Topliss-reactive ketones (excluding diaryl/α,β-unsaturated/α-hetero) is 1. The highest BCUT2D eigenvalue weighted by Crippen LogP contribution is 2.33. The molecule has 0 radical (unpaired) electrons. The van der Waals surface area contributed by atoms with E-state index in [-0.39, 0.29) is 17.4 Å². The number of anilines is 1. The molecular formula is C20H17N3O4S. The van der Waals surface area contributed by atoms with E-state index >= 15 is 0 Å². The summed E-state index contributed by atoms with van der Waals surface area (Å²) in [6, 6.07) is 8.91. The molecule has 1 amide bonds. The molecule has 2 aliphatic rings. The molecule has 7 nitrogen and oxygen atoms in total. The summed E-state index contributed by atoms with van der Waals surface area (Å²) in [4.78, 5) is 28.8. The fourth-order valence-electron chi connectivity index (χ4n) is 3.16. The number of aryl methyl sites for hydroxylation is 1. The van der Waals surface area contributed by atoms with E-state index in [0.29, 0.717) is 65.1 Å². The van der Waals surface area contributed by atoms with Crippen molar-refractivity contribution in [3.8, 4) is 17.6 Å². The van der Waals surface area contributed by atoms with Crippen LogP contribution >= 0.6 is 11.8 Å². The van der Waals surface area contributed by atoms with Gasteiger partial charge in [-0.05, 0) is 31.0 Å². The van der Waals surface area contributed by atoms with E-state index in [9.17, 15) is 14.9 Å². The number of hydrogen-bond acceptors (Lipinski definition) is 7. The van der Waals surface area contributed by atoms with E-state index in [4.69, 9.17) is 9.47 Å². The van der Waals surface area contributed by atoms with Crippen LogP contribution in [0, 0.1) is 11.3 Å². The Morgan fingerprint density at radius 2 is 2.04 bits per heavy atom. The first-order chi connectivity index (χ1) is 13.6. The lowest BCUT2D eigenvalue weighted by atomic mass is 9.94. The summed E-state index contributed by atoms with van der Waals surface area (Å²) in [5.41, 5.74) is 2.18. The molecule has 2 heterocycles. The molecule has 28 heavy (non-hydrogen) atoms. The van der Waals surface area contributed by atoms with E-state index in [1.165, 1.54) is 11.8 Å². The molecule has 1 aliphatic heterocycles.